The molecule has 112 valence electrons. The predicted octanol–water partition coefficient (Wildman–Crippen LogP) is 4.56. The van der Waals surface area contributed by atoms with E-state index >= 15 is 0 Å². The van der Waals surface area contributed by atoms with Gasteiger partial charge in [-0.15, -0.1) is 11.8 Å². The van der Waals surface area contributed by atoms with E-state index < -0.39 is 0 Å². The molecular formula is C18H23NOS. The normalized spacial score (nSPS) is 36.7. The summed E-state index contributed by atoms with van der Waals surface area (Å²) in [5, 5.41) is 3.20. The molecule has 0 saturated heterocycles. The first kappa shape index (κ1) is 13.7. The average Bonchev–Trinajstić information content (AvgIpc) is 2.46. The summed E-state index contributed by atoms with van der Waals surface area (Å²) in [5.41, 5.74) is 0.904. The molecule has 1 N–H and O–H groups in total. The van der Waals surface area contributed by atoms with Crippen molar-refractivity contribution in [2.75, 3.05) is 11.6 Å². The monoisotopic (exact) mass is 301 g/mol. The highest BCUT2D eigenvalue weighted by Crippen LogP contribution is 2.60. The molecule has 0 atom stereocenters. The lowest BCUT2D eigenvalue weighted by Gasteiger charge is -2.55. The third-order valence-electron chi connectivity index (χ3n) is 5.87. The molecule has 0 heterocycles. The van der Waals surface area contributed by atoms with Gasteiger partial charge < -0.3 is 5.32 Å². The molecule has 0 aliphatic heterocycles. The Morgan fingerprint density at radius 1 is 1.05 bits per heavy atom. The average molecular weight is 301 g/mol. The van der Waals surface area contributed by atoms with Gasteiger partial charge in [0.1, 0.15) is 0 Å². The number of carbonyl (C=O) groups is 1. The summed E-state index contributed by atoms with van der Waals surface area (Å²) in [4.78, 5) is 14.1. The summed E-state index contributed by atoms with van der Waals surface area (Å²) in [6, 6.07) is 8.23. The Balaban J connectivity index is 1.51. The van der Waals surface area contributed by atoms with Crippen LogP contribution in [0.5, 0.6) is 0 Å². The van der Waals surface area contributed by atoms with Crippen LogP contribution >= 0.6 is 11.8 Å². The van der Waals surface area contributed by atoms with E-state index in [0.29, 0.717) is 5.91 Å². The molecule has 1 amide bonds. The molecule has 0 spiro atoms. The third-order valence-corrected chi connectivity index (χ3v) is 6.61. The molecule has 1 aromatic carbocycles. The number of anilines is 1. The van der Waals surface area contributed by atoms with Gasteiger partial charge in [-0.2, -0.15) is 0 Å². The standard InChI is InChI=1S/C18H23NOS/c1-21-16-4-2-15(3-5-16)19-17(20)18-9-12-6-13(10-18)8-14(7-12)11-18/h2-5,12-14H,6-11H2,1H3,(H,19,20). The number of rotatable bonds is 3. The highest BCUT2D eigenvalue weighted by Gasteiger charge is 2.54. The highest BCUT2D eigenvalue weighted by atomic mass is 32.2. The Morgan fingerprint density at radius 3 is 2.05 bits per heavy atom. The van der Waals surface area contributed by atoms with Crippen molar-refractivity contribution in [3.8, 4) is 0 Å². The highest BCUT2D eigenvalue weighted by molar-refractivity contribution is 7.98. The van der Waals surface area contributed by atoms with E-state index in [-0.39, 0.29) is 5.41 Å². The second-order valence-corrected chi connectivity index (χ2v) is 8.26. The fourth-order valence-corrected chi connectivity index (χ4v) is 5.74. The number of carbonyl (C=O) groups excluding carboxylic acids is 1. The van der Waals surface area contributed by atoms with Gasteiger partial charge >= 0.3 is 0 Å². The van der Waals surface area contributed by atoms with Gasteiger partial charge in [0, 0.05) is 10.6 Å². The van der Waals surface area contributed by atoms with Gasteiger partial charge in [0.25, 0.3) is 0 Å². The quantitative estimate of drug-likeness (QED) is 0.829. The fourth-order valence-electron chi connectivity index (χ4n) is 5.33. The largest absolute Gasteiger partial charge is 0.326 e. The zero-order valence-electron chi connectivity index (χ0n) is 12.6. The number of benzene rings is 1. The molecule has 2 nitrogen and oxygen atoms in total. The zero-order valence-corrected chi connectivity index (χ0v) is 13.4. The molecule has 21 heavy (non-hydrogen) atoms. The molecule has 4 saturated carbocycles. The minimum Gasteiger partial charge on any atom is -0.326 e. The lowest BCUT2D eigenvalue weighted by atomic mass is 9.49. The van der Waals surface area contributed by atoms with Crippen LogP contribution in [0, 0.1) is 23.2 Å². The van der Waals surface area contributed by atoms with Gasteiger partial charge in [0.2, 0.25) is 5.91 Å². The second kappa shape index (κ2) is 5.05. The van der Waals surface area contributed by atoms with E-state index in [9.17, 15) is 4.79 Å². The van der Waals surface area contributed by atoms with Crippen LogP contribution in [0.1, 0.15) is 38.5 Å². The first-order chi connectivity index (χ1) is 10.2. The minimum atomic E-state index is -0.0487. The first-order valence-corrected chi connectivity index (χ1v) is 9.35. The fraction of sp³-hybridized carbons (Fsp3) is 0.611. The van der Waals surface area contributed by atoms with Crippen molar-refractivity contribution >= 4 is 23.4 Å². The molecule has 4 aliphatic carbocycles. The molecule has 4 fully saturated rings. The summed E-state index contributed by atoms with van der Waals surface area (Å²) in [6.07, 6.45) is 9.62. The van der Waals surface area contributed by atoms with Crippen LogP contribution < -0.4 is 5.32 Å². The molecule has 4 bridgehead atoms. The molecule has 0 unspecified atom stereocenters. The van der Waals surface area contributed by atoms with Crippen LogP contribution in [0.15, 0.2) is 29.2 Å². The van der Waals surface area contributed by atoms with Crippen LogP contribution in [0.4, 0.5) is 5.69 Å². The van der Waals surface area contributed by atoms with Crippen LogP contribution in [0.25, 0.3) is 0 Å². The van der Waals surface area contributed by atoms with E-state index in [1.54, 1.807) is 11.8 Å². The number of nitrogens with one attached hydrogen (secondary N) is 1. The Hall–Kier alpha value is -0.960. The van der Waals surface area contributed by atoms with Crippen LogP contribution in [0.2, 0.25) is 0 Å². The van der Waals surface area contributed by atoms with E-state index in [0.717, 1.165) is 42.7 Å². The lowest BCUT2D eigenvalue weighted by molar-refractivity contribution is -0.140. The maximum atomic E-state index is 12.9. The number of hydrogen-bond acceptors (Lipinski definition) is 2. The van der Waals surface area contributed by atoms with Gasteiger partial charge in [0.15, 0.2) is 0 Å². The summed E-state index contributed by atoms with van der Waals surface area (Å²) in [6.45, 7) is 0. The Morgan fingerprint density at radius 2 is 1.57 bits per heavy atom. The summed E-state index contributed by atoms with van der Waals surface area (Å²) >= 11 is 1.73. The number of thioether (sulfide) groups is 1. The molecule has 1 aromatic rings. The molecule has 4 aliphatic rings. The van der Waals surface area contributed by atoms with Crippen molar-refractivity contribution in [3.05, 3.63) is 24.3 Å². The van der Waals surface area contributed by atoms with Crippen molar-refractivity contribution in [3.63, 3.8) is 0 Å². The predicted molar refractivity (Wildman–Crippen MR) is 87.5 cm³/mol. The van der Waals surface area contributed by atoms with Crippen LogP contribution in [0.3, 0.4) is 0 Å². The zero-order chi connectivity index (χ0) is 14.4. The van der Waals surface area contributed by atoms with E-state index in [1.807, 2.05) is 12.1 Å². The van der Waals surface area contributed by atoms with Gasteiger partial charge in [-0.25, -0.2) is 0 Å². The Bertz CT molecular complexity index is 516. The third kappa shape index (κ3) is 2.40. The van der Waals surface area contributed by atoms with Crippen molar-refractivity contribution in [1.29, 1.82) is 0 Å². The summed E-state index contributed by atoms with van der Waals surface area (Å²) in [5.74, 6) is 2.75. The summed E-state index contributed by atoms with van der Waals surface area (Å²) < 4.78 is 0. The second-order valence-electron chi connectivity index (χ2n) is 7.38. The van der Waals surface area contributed by atoms with Crippen LogP contribution in [-0.2, 0) is 4.79 Å². The first-order valence-electron chi connectivity index (χ1n) is 8.12. The van der Waals surface area contributed by atoms with Gasteiger partial charge in [0.05, 0.1) is 5.41 Å². The van der Waals surface area contributed by atoms with Gasteiger partial charge in [-0.3, -0.25) is 4.79 Å². The topological polar surface area (TPSA) is 29.1 Å². The SMILES string of the molecule is CSc1ccc(NC(=O)C23CC4CC(CC(C4)C2)C3)cc1. The minimum absolute atomic E-state index is 0.0487. The van der Waals surface area contributed by atoms with Crippen molar-refractivity contribution in [2.24, 2.45) is 23.2 Å². The van der Waals surface area contributed by atoms with E-state index in [4.69, 9.17) is 0 Å². The maximum Gasteiger partial charge on any atom is 0.230 e. The Kier molecular flexibility index (Phi) is 3.29. The Labute approximate surface area is 131 Å². The van der Waals surface area contributed by atoms with Crippen molar-refractivity contribution in [1.82, 2.24) is 0 Å². The van der Waals surface area contributed by atoms with Gasteiger partial charge in [-0.05, 0) is 86.8 Å². The molecule has 3 heteroatoms. The number of hydrogen-bond donors (Lipinski definition) is 1. The number of amides is 1. The van der Waals surface area contributed by atoms with Crippen molar-refractivity contribution < 1.29 is 4.79 Å². The van der Waals surface area contributed by atoms with E-state index in [2.05, 4.69) is 23.7 Å². The molecule has 0 aromatic heterocycles. The van der Waals surface area contributed by atoms with Crippen LogP contribution in [-0.4, -0.2) is 12.2 Å². The molecule has 0 radical (unpaired) electrons. The maximum absolute atomic E-state index is 12.9. The molecular weight excluding hydrogens is 278 g/mol. The smallest absolute Gasteiger partial charge is 0.230 e. The van der Waals surface area contributed by atoms with Gasteiger partial charge in [-0.1, -0.05) is 0 Å². The molecule has 5 rings (SSSR count). The summed E-state index contributed by atoms with van der Waals surface area (Å²) in [7, 11) is 0. The van der Waals surface area contributed by atoms with Crippen molar-refractivity contribution in [2.45, 2.75) is 43.4 Å². The van der Waals surface area contributed by atoms with E-state index in [1.165, 1.54) is 24.2 Å². The lowest BCUT2D eigenvalue weighted by Crippen LogP contribution is -2.51.